The Kier molecular flexibility index (Phi) is 6.11. The zero-order valence-corrected chi connectivity index (χ0v) is 15.0. The van der Waals surface area contributed by atoms with Gasteiger partial charge in [-0.3, -0.25) is 14.5 Å². The second-order valence-corrected chi connectivity index (χ2v) is 7.58. The van der Waals surface area contributed by atoms with Gasteiger partial charge in [0.25, 0.3) is 0 Å². The Balaban J connectivity index is 1.43. The summed E-state index contributed by atoms with van der Waals surface area (Å²) in [6.07, 6.45) is 5.61. The van der Waals surface area contributed by atoms with E-state index >= 15 is 0 Å². The van der Waals surface area contributed by atoms with Crippen molar-refractivity contribution in [2.45, 2.75) is 45.1 Å². The van der Waals surface area contributed by atoms with Gasteiger partial charge in [0.05, 0.1) is 12.5 Å². The van der Waals surface area contributed by atoms with Crippen molar-refractivity contribution in [3.8, 4) is 0 Å². The fraction of sp³-hybridized carbons (Fsp3) is 0.889. The van der Waals surface area contributed by atoms with Crippen molar-refractivity contribution in [3.05, 3.63) is 0 Å². The summed E-state index contributed by atoms with van der Waals surface area (Å²) < 4.78 is 0. The summed E-state index contributed by atoms with van der Waals surface area (Å²) in [6, 6.07) is 0.382. The van der Waals surface area contributed by atoms with Gasteiger partial charge < -0.3 is 15.1 Å². The molecule has 3 aliphatic heterocycles. The number of rotatable bonds is 3. The molecule has 2 atom stereocenters. The summed E-state index contributed by atoms with van der Waals surface area (Å²) in [7, 11) is 0. The minimum Gasteiger partial charge on any atom is -0.340 e. The monoisotopic (exact) mass is 336 g/mol. The molecule has 0 aromatic rings. The average Bonchev–Trinajstić information content (AvgIpc) is 2.63. The van der Waals surface area contributed by atoms with Crippen LogP contribution in [0.2, 0.25) is 0 Å². The first-order valence-corrected chi connectivity index (χ1v) is 9.66. The van der Waals surface area contributed by atoms with E-state index in [4.69, 9.17) is 0 Å². The van der Waals surface area contributed by atoms with Crippen LogP contribution in [0, 0.1) is 5.92 Å². The van der Waals surface area contributed by atoms with Gasteiger partial charge in [-0.25, -0.2) is 0 Å². The number of carbonyl (C=O) groups is 2. The fourth-order valence-electron chi connectivity index (χ4n) is 4.20. The quantitative estimate of drug-likeness (QED) is 0.817. The van der Waals surface area contributed by atoms with Crippen molar-refractivity contribution < 1.29 is 9.59 Å². The highest BCUT2D eigenvalue weighted by Gasteiger charge is 2.30. The number of nitrogens with zero attached hydrogens (tertiary/aromatic N) is 3. The minimum absolute atomic E-state index is 0.154. The van der Waals surface area contributed by atoms with E-state index in [9.17, 15) is 9.59 Å². The molecule has 0 spiro atoms. The Labute approximate surface area is 145 Å². The van der Waals surface area contributed by atoms with Crippen molar-refractivity contribution in [1.82, 2.24) is 20.0 Å². The lowest BCUT2D eigenvalue weighted by Gasteiger charge is -2.39. The molecule has 0 saturated carbocycles. The van der Waals surface area contributed by atoms with E-state index in [1.165, 1.54) is 6.42 Å². The minimum atomic E-state index is 0.154. The predicted molar refractivity (Wildman–Crippen MR) is 93.6 cm³/mol. The Hall–Kier alpha value is -1.14. The molecule has 3 rings (SSSR count). The van der Waals surface area contributed by atoms with Crippen LogP contribution < -0.4 is 5.32 Å². The number of amides is 2. The zero-order chi connectivity index (χ0) is 16.9. The number of likely N-dealkylation sites (tertiary alicyclic amines) is 1. The number of hydrogen-bond donors (Lipinski definition) is 1. The number of carbonyl (C=O) groups excluding carboxylic acids is 2. The lowest BCUT2D eigenvalue weighted by atomic mass is 9.98. The average molecular weight is 336 g/mol. The van der Waals surface area contributed by atoms with E-state index in [2.05, 4.69) is 22.0 Å². The number of piperazine rings is 1. The van der Waals surface area contributed by atoms with Crippen molar-refractivity contribution >= 4 is 11.8 Å². The van der Waals surface area contributed by atoms with Gasteiger partial charge in [0, 0.05) is 45.3 Å². The molecule has 2 amide bonds. The molecule has 3 aliphatic rings. The molecule has 2 unspecified atom stereocenters. The maximum atomic E-state index is 12.6. The second-order valence-electron chi connectivity index (χ2n) is 7.58. The lowest BCUT2D eigenvalue weighted by molar-refractivity contribution is -0.139. The van der Waals surface area contributed by atoms with Gasteiger partial charge in [-0.05, 0) is 45.6 Å². The molecule has 3 heterocycles. The van der Waals surface area contributed by atoms with Crippen LogP contribution in [0.5, 0.6) is 0 Å². The fourth-order valence-corrected chi connectivity index (χ4v) is 4.20. The van der Waals surface area contributed by atoms with Crippen LogP contribution in [0.15, 0.2) is 0 Å². The Morgan fingerprint density at radius 1 is 1.00 bits per heavy atom. The van der Waals surface area contributed by atoms with Crippen LogP contribution in [0.3, 0.4) is 0 Å². The molecule has 0 aliphatic carbocycles. The highest BCUT2D eigenvalue weighted by atomic mass is 16.2. The molecule has 6 nitrogen and oxygen atoms in total. The Morgan fingerprint density at radius 2 is 1.79 bits per heavy atom. The molecule has 0 aromatic heterocycles. The molecule has 3 fully saturated rings. The molecular weight excluding hydrogens is 304 g/mol. The summed E-state index contributed by atoms with van der Waals surface area (Å²) in [4.78, 5) is 31.4. The van der Waals surface area contributed by atoms with Gasteiger partial charge >= 0.3 is 0 Å². The van der Waals surface area contributed by atoms with Crippen LogP contribution in [0.25, 0.3) is 0 Å². The van der Waals surface area contributed by atoms with Crippen LogP contribution >= 0.6 is 0 Å². The summed E-state index contributed by atoms with van der Waals surface area (Å²) >= 11 is 0. The molecule has 136 valence electrons. The molecule has 0 aromatic carbocycles. The van der Waals surface area contributed by atoms with Crippen LogP contribution in [-0.4, -0.2) is 84.9 Å². The van der Waals surface area contributed by atoms with E-state index in [0.29, 0.717) is 18.5 Å². The lowest BCUT2D eigenvalue weighted by Crippen LogP contribution is -2.54. The maximum absolute atomic E-state index is 12.6. The van der Waals surface area contributed by atoms with Crippen LogP contribution in [0.4, 0.5) is 0 Å². The highest BCUT2D eigenvalue weighted by molar-refractivity contribution is 5.80. The van der Waals surface area contributed by atoms with Gasteiger partial charge in [-0.15, -0.1) is 0 Å². The summed E-state index contributed by atoms with van der Waals surface area (Å²) in [5, 5.41) is 3.32. The van der Waals surface area contributed by atoms with Gasteiger partial charge in [0.2, 0.25) is 11.8 Å². The smallest absolute Gasteiger partial charge is 0.236 e. The zero-order valence-electron chi connectivity index (χ0n) is 15.0. The van der Waals surface area contributed by atoms with Crippen molar-refractivity contribution in [2.24, 2.45) is 5.92 Å². The highest BCUT2D eigenvalue weighted by Crippen LogP contribution is 2.18. The van der Waals surface area contributed by atoms with E-state index in [0.717, 1.165) is 71.5 Å². The SMILES string of the molecule is CC1CCCCN1C(=O)CN1CCN(C(=O)C2CCCNC2)CC1. The van der Waals surface area contributed by atoms with E-state index < -0.39 is 0 Å². The second kappa shape index (κ2) is 8.30. The molecular formula is C18H32N4O2. The molecule has 0 radical (unpaired) electrons. The van der Waals surface area contributed by atoms with Gasteiger partial charge in [0.15, 0.2) is 0 Å². The van der Waals surface area contributed by atoms with Gasteiger partial charge in [-0.1, -0.05) is 0 Å². The third-order valence-corrected chi connectivity index (χ3v) is 5.81. The third kappa shape index (κ3) is 4.28. The van der Waals surface area contributed by atoms with Crippen molar-refractivity contribution in [3.63, 3.8) is 0 Å². The predicted octanol–water partition coefficient (Wildman–Crippen LogP) is 0.531. The van der Waals surface area contributed by atoms with E-state index in [1.807, 2.05) is 4.90 Å². The molecule has 3 saturated heterocycles. The first-order valence-electron chi connectivity index (χ1n) is 9.66. The molecule has 6 heteroatoms. The standard InChI is InChI=1S/C18H32N4O2/c1-15-5-2-3-8-22(15)17(23)14-20-9-11-21(12-10-20)18(24)16-6-4-7-19-13-16/h15-16,19H,2-14H2,1H3. The molecule has 1 N–H and O–H groups in total. The van der Waals surface area contributed by atoms with Crippen LogP contribution in [-0.2, 0) is 9.59 Å². The van der Waals surface area contributed by atoms with E-state index in [1.54, 1.807) is 0 Å². The summed E-state index contributed by atoms with van der Waals surface area (Å²) in [5.41, 5.74) is 0. The molecule has 24 heavy (non-hydrogen) atoms. The Morgan fingerprint density at radius 3 is 2.46 bits per heavy atom. The topological polar surface area (TPSA) is 55.9 Å². The normalized spacial score (nSPS) is 29.5. The van der Waals surface area contributed by atoms with Crippen LogP contribution in [0.1, 0.15) is 39.0 Å². The van der Waals surface area contributed by atoms with Gasteiger partial charge in [-0.2, -0.15) is 0 Å². The third-order valence-electron chi connectivity index (χ3n) is 5.81. The number of nitrogens with one attached hydrogen (secondary N) is 1. The summed E-state index contributed by atoms with van der Waals surface area (Å²) in [6.45, 7) is 8.60. The maximum Gasteiger partial charge on any atom is 0.236 e. The summed E-state index contributed by atoms with van der Waals surface area (Å²) in [5.74, 6) is 0.720. The first kappa shape index (κ1) is 17.7. The van der Waals surface area contributed by atoms with Crippen molar-refractivity contribution in [1.29, 1.82) is 0 Å². The van der Waals surface area contributed by atoms with Gasteiger partial charge in [0.1, 0.15) is 0 Å². The van der Waals surface area contributed by atoms with Crippen molar-refractivity contribution in [2.75, 3.05) is 52.4 Å². The molecule has 0 bridgehead atoms. The number of piperidine rings is 2. The largest absolute Gasteiger partial charge is 0.340 e. The first-order chi connectivity index (χ1) is 11.6. The Bertz CT molecular complexity index is 442. The van der Waals surface area contributed by atoms with E-state index in [-0.39, 0.29) is 11.8 Å². The number of hydrogen-bond acceptors (Lipinski definition) is 4.